The van der Waals surface area contributed by atoms with Crippen LogP contribution in [0.4, 0.5) is 0 Å². The van der Waals surface area contributed by atoms with Crippen molar-refractivity contribution in [2.45, 2.75) is 50.6 Å². The van der Waals surface area contributed by atoms with Crippen LogP contribution >= 0.6 is 0 Å². The average Bonchev–Trinajstić information content (AvgIpc) is 3.06. The largest absolute Gasteiger partial charge is 0.302 e. The SMILES string of the molecule is CCNC1(C#N)CCC(N(C)CCN2CCCC2)C1. The molecule has 1 saturated heterocycles. The molecule has 0 aromatic carbocycles. The summed E-state index contributed by atoms with van der Waals surface area (Å²) in [7, 11) is 2.22. The Hall–Kier alpha value is -0.630. The summed E-state index contributed by atoms with van der Waals surface area (Å²) in [5, 5.41) is 12.8. The van der Waals surface area contributed by atoms with Gasteiger partial charge >= 0.3 is 0 Å². The lowest BCUT2D eigenvalue weighted by Gasteiger charge is -2.28. The standard InChI is InChI=1S/C15H28N4/c1-3-17-15(13-16)7-6-14(12-15)18(2)10-11-19-8-4-5-9-19/h14,17H,3-12H2,1-2H3. The van der Waals surface area contributed by atoms with Gasteiger partial charge in [-0.05, 0) is 58.8 Å². The van der Waals surface area contributed by atoms with Crippen molar-refractivity contribution < 1.29 is 0 Å². The summed E-state index contributed by atoms with van der Waals surface area (Å²) >= 11 is 0. The topological polar surface area (TPSA) is 42.3 Å². The lowest BCUT2D eigenvalue weighted by Crippen LogP contribution is -2.44. The number of nitrogens with one attached hydrogen (secondary N) is 1. The van der Waals surface area contributed by atoms with E-state index in [1.807, 2.05) is 0 Å². The van der Waals surface area contributed by atoms with Gasteiger partial charge in [0, 0.05) is 19.1 Å². The molecule has 0 spiro atoms. The van der Waals surface area contributed by atoms with Crippen molar-refractivity contribution in [3.63, 3.8) is 0 Å². The summed E-state index contributed by atoms with van der Waals surface area (Å²) in [6.07, 6.45) is 5.86. The summed E-state index contributed by atoms with van der Waals surface area (Å²) < 4.78 is 0. The fourth-order valence-corrected chi connectivity index (χ4v) is 3.52. The van der Waals surface area contributed by atoms with Crippen LogP contribution in [0, 0.1) is 11.3 Å². The Labute approximate surface area is 117 Å². The molecule has 2 unspecified atom stereocenters. The average molecular weight is 264 g/mol. The molecule has 1 aliphatic carbocycles. The molecule has 0 aromatic rings. The van der Waals surface area contributed by atoms with Crippen LogP contribution in [0.25, 0.3) is 0 Å². The second kappa shape index (κ2) is 6.69. The lowest BCUT2D eigenvalue weighted by atomic mass is 9.99. The summed E-state index contributed by atoms with van der Waals surface area (Å²) in [6.45, 7) is 7.85. The molecular formula is C15H28N4. The smallest absolute Gasteiger partial charge is 0.108 e. The minimum absolute atomic E-state index is 0.263. The van der Waals surface area contributed by atoms with Gasteiger partial charge in [0.2, 0.25) is 0 Å². The number of nitrogens with zero attached hydrogens (tertiary/aromatic N) is 3. The van der Waals surface area contributed by atoms with Crippen LogP contribution in [0.3, 0.4) is 0 Å². The quantitative estimate of drug-likeness (QED) is 0.788. The van der Waals surface area contributed by atoms with Gasteiger partial charge in [0.25, 0.3) is 0 Å². The molecule has 1 N–H and O–H groups in total. The maximum atomic E-state index is 9.41. The molecule has 2 fully saturated rings. The number of likely N-dealkylation sites (N-methyl/N-ethyl adjacent to an activating group) is 1. The molecule has 0 amide bonds. The zero-order valence-electron chi connectivity index (χ0n) is 12.5. The maximum Gasteiger partial charge on any atom is 0.108 e. The second-order valence-electron chi connectivity index (χ2n) is 6.15. The maximum absolute atomic E-state index is 9.41. The van der Waals surface area contributed by atoms with E-state index in [1.54, 1.807) is 0 Å². The molecule has 108 valence electrons. The molecule has 4 heteroatoms. The minimum atomic E-state index is -0.263. The molecule has 2 aliphatic rings. The normalized spacial score (nSPS) is 32.0. The van der Waals surface area contributed by atoms with E-state index in [0.717, 1.165) is 32.4 Å². The predicted octanol–water partition coefficient (Wildman–Crippen LogP) is 1.44. The predicted molar refractivity (Wildman–Crippen MR) is 78.0 cm³/mol. The fourth-order valence-electron chi connectivity index (χ4n) is 3.52. The van der Waals surface area contributed by atoms with Crippen molar-refractivity contribution in [2.24, 2.45) is 0 Å². The lowest BCUT2D eigenvalue weighted by molar-refractivity contribution is 0.202. The van der Waals surface area contributed by atoms with E-state index in [9.17, 15) is 5.26 Å². The van der Waals surface area contributed by atoms with Gasteiger partial charge in [0.1, 0.15) is 5.54 Å². The second-order valence-corrected chi connectivity index (χ2v) is 6.15. The number of nitriles is 1. The van der Waals surface area contributed by atoms with Gasteiger partial charge in [-0.25, -0.2) is 0 Å². The van der Waals surface area contributed by atoms with E-state index in [-0.39, 0.29) is 5.54 Å². The molecule has 0 radical (unpaired) electrons. The fraction of sp³-hybridized carbons (Fsp3) is 0.933. The van der Waals surface area contributed by atoms with Crippen molar-refractivity contribution in [3.05, 3.63) is 0 Å². The molecule has 0 bridgehead atoms. The summed E-state index contributed by atoms with van der Waals surface area (Å²) in [5.74, 6) is 0. The van der Waals surface area contributed by atoms with Crippen molar-refractivity contribution in [1.29, 1.82) is 5.26 Å². The Bertz CT molecular complexity index is 319. The monoisotopic (exact) mass is 264 g/mol. The van der Waals surface area contributed by atoms with E-state index < -0.39 is 0 Å². The third kappa shape index (κ3) is 3.68. The first-order valence-corrected chi connectivity index (χ1v) is 7.78. The van der Waals surface area contributed by atoms with Crippen LogP contribution < -0.4 is 5.32 Å². The third-order valence-electron chi connectivity index (χ3n) is 4.81. The van der Waals surface area contributed by atoms with Gasteiger partial charge < -0.3 is 9.80 Å². The molecule has 2 atom stereocenters. The van der Waals surface area contributed by atoms with Gasteiger partial charge in [0.05, 0.1) is 6.07 Å². The Kier molecular flexibility index (Phi) is 5.20. The highest BCUT2D eigenvalue weighted by Crippen LogP contribution is 2.32. The molecular weight excluding hydrogens is 236 g/mol. The highest BCUT2D eigenvalue weighted by Gasteiger charge is 2.40. The van der Waals surface area contributed by atoms with Crippen LogP contribution in [0.1, 0.15) is 39.0 Å². The van der Waals surface area contributed by atoms with Gasteiger partial charge in [-0.15, -0.1) is 0 Å². The molecule has 19 heavy (non-hydrogen) atoms. The first kappa shape index (κ1) is 14.8. The highest BCUT2D eigenvalue weighted by atomic mass is 15.2. The number of hydrogen-bond donors (Lipinski definition) is 1. The summed E-state index contributed by atoms with van der Waals surface area (Å²) in [5.41, 5.74) is -0.263. The first-order valence-electron chi connectivity index (χ1n) is 7.78. The van der Waals surface area contributed by atoms with Crippen LogP contribution in [-0.4, -0.2) is 61.2 Å². The number of likely N-dealkylation sites (tertiary alicyclic amines) is 1. The highest BCUT2D eigenvalue weighted by molar-refractivity contribution is 5.13. The number of rotatable bonds is 6. The molecule has 4 nitrogen and oxygen atoms in total. The van der Waals surface area contributed by atoms with Crippen LogP contribution in [0.15, 0.2) is 0 Å². The zero-order chi connectivity index (χ0) is 13.7. The molecule has 1 aliphatic heterocycles. The van der Waals surface area contributed by atoms with Crippen molar-refractivity contribution >= 4 is 0 Å². The Morgan fingerprint density at radius 1 is 1.42 bits per heavy atom. The van der Waals surface area contributed by atoms with Crippen LogP contribution in [0.5, 0.6) is 0 Å². The van der Waals surface area contributed by atoms with Crippen LogP contribution in [0.2, 0.25) is 0 Å². The third-order valence-corrected chi connectivity index (χ3v) is 4.81. The Morgan fingerprint density at radius 2 is 2.16 bits per heavy atom. The van der Waals surface area contributed by atoms with E-state index >= 15 is 0 Å². The van der Waals surface area contributed by atoms with Gasteiger partial charge in [-0.1, -0.05) is 6.92 Å². The molecule has 1 saturated carbocycles. The van der Waals surface area contributed by atoms with Crippen molar-refractivity contribution in [1.82, 2.24) is 15.1 Å². The molecule has 1 heterocycles. The minimum Gasteiger partial charge on any atom is -0.302 e. The zero-order valence-corrected chi connectivity index (χ0v) is 12.5. The summed E-state index contributed by atoms with van der Waals surface area (Å²) in [6, 6.07) is 3.08. The molecule has 2 rings (SSSR count). The van der Waals surface area contributed by atoms with Crippen LogP contribution in [-0.2, 0) is 0 Å². The molecule has 0 aromatic heterocycles. The van der Waals surface area contributed by atoms with Gasteiger partial charge in [-0.3, -0.25) is 5.32 Å². The van der Waals surface area contributed by atoms with E-state index in [4.69, 9.17) is 0 Å². The van der Waals surface area contributed by atoms with Gasteiger partial charge in [0.15, 0.2) is 0 Å². The first-order chi connectivity index (χ1) is 9.19. The van der Waals surface area contributed by atoms with E-state index in [2.05, 4.69) is 35.2 Å². The van der Waals surface area contributed by atoms with Crippen molar-refractivity contribution in [3.8, 4) is 6.07 Å². The summed E-state index contributed by atoms with van der Waals surface area (Å²) in [4.78, 5) is 5.03. The Morgan fingerprint density at radius 3 is 2.79 bits per heavy atom. The van der Waals surface area contributed by atoms with E-state index in [0.29, 0.717) is 6.04 Å². The van der Waals surface area contributed by atoms with Crippen molar-refractivity contribution in [2.75, 3.05) is 39.8 Å². The van der Waals surface area contributed by atoms with Gasteiger partial charge in [-0.2, -0.15) is 5.26 Å². The Balaban J connectivity index is 1.77. The van der Waals surface area contributed by atoms with E-state index in [1.165, 1.54) is 32.5 Å². The number of hydrogen-bond acceptors (Lipinski definition) is 4.